The minimum atomic E-state index is 0.152. The van der Waals surface area contributed by atoms with Crippen molar-refractivity contribution >= 4 is 12.0 Å². The van der Waals surface area contributed by atoms with E-state index < -0.39 is 0 Å². The molecule has 1 saturated heterocycles. The van der Waals surface area contributed by atoms with Crippen molar-refractivity contribution in [2.24, 2.45) is 0 Å². The molecule has 1 fully saturated rings. The van der Waals surface area contributed by atoms with E-state index in [1.54, 1.807) is 12.3 Å². The molecule has 0 saturated carbocycles. The molecule has 0 atom stereocenters. The van der Waals surface area contributed by atoms with Gasteiger partial charge < -0.3 is 23.8 Å². The number of hydrogen-bond donors (Lipinski definition) is 0. The van der Waals surface area contributed by atoms with Crippen molar-refractivity contribution < 1.29 is 23.7 Å². The number of nitrogens with zero attached hydrogens (tertiary/aromatic N) is 3. The van der Waals surface area contributed by atoms with Crippen LogP contribution in [0.4, 0.5) is 0 Å². The summed E-state index contributed by atoms with van der Waals surface area (Å²) < 4.78 is 23.8. The molecule has 8 nitrogen and oxygen atoms in total. The molecule has 1 aliphatic heterocycles. The van der Waals surface area contributed by atoms with Gasteiger partial charge in [-0.1, -0.05) is 54.1 Å². The van der Waals surface area contributed by atoms with Crippen molar-refractivity contribution in [1.82, 2.24) is 14.8 Å². The van der Waals surface area contributed by atoms with E-state index in [4.69, 9.17) is 18.9 Å². The molecule has 5 aromatic rings. The second-order valence-corrected chi connectivity index (χ2v) is 14.2. The largest absolute Gasteiger partial charge is 0.493 e. The molecule has 0 aliphatic carbocycles. The molecule has 54 heavy (non-hydrogen) atoms. The van der Waals surface area contributed by atoms with Gasteiger partial charge in [-0.3, -0.25) is 9.69 Å². The first kappa shape index (κ1) is 38.1. The normalized spacial score (nSPS) is 13.5. The Bertz CT molecular complexity index is 1960. The molecule has 0 N–H and O–H groups in total. The number of allylic oxidation sites excluding steroid dienone is 1. The van der Waals surface area contributed by atoms with E-state index in [2.05, 4.69) is 82.4 Å². The van der Waals surface area contributed by atoms with Crippen molar-refractivity contribution in [3.05, 3.63) is 148 Å². The lowest BCUT2D eigenvalue weighted by Gasteiger charge is -2.37. The molecule has 2 heterocycles. The first-order chi connectivity index (χ1) is 26.2. The zero-order chi connectivity index (χ0) is 37.9. The maximum Gasteiger partial charge on any atom is 0.219 e. The number of piperazine rings is 1. The van der Waals surface area contributed by atoms with Crippen molar-refractivity contribution in [2.75, 3.05) is 32.8 Å². The van der Waals surface area contributed by atoms with Gasteiger partial charge in [0.2, 0.25) is 5.88 Å². The first-order valence-electron chi connectivity index (χ1n) is 18.8. The number of aryl methyl sites for hydroxylation is 3. The average molecular weight is 726 g/mol. The molecule has 280 valence electrons. The Kier molecular flexibility index (Phi) is 13.0. The van der Waals surface area contributed by atoms with Gasteiger partial charge in [-0.2, -0.15) is 0 Å². The molecular weight excluding hydrogens is 675 g/mol. The fourth-order valence-corrected chi connectivity index (χ4v) is 6.57. The summed E-state index contributed by atoms with van der Waals surface area (Å²) in [5.41, 5.74) is 8.75. The maximum atomic E-state index is 11.8. The molecule has 0 spiro atoms. The topological polar surface area (TPSA) is 73.4 Å². The molecule has 0 unspecified atom stereocenters. The molecule has 1 aliphatic rings. The Morgan fingerprint density at radius 3 is 2.00 bits per heavy atom. The molecule has 8 heteroatoms. The number of hydrogen-bond acceptors (Lipinski definition) is 8. The van der Waals surface area contributed by atoms with Crippen LogP contribution in [-0.2, 0) is 24.4 Å². The van der Waals surface area contributed by atoms with Crippen molar-refractivity contribution in [3.8, 4) is 28.9 Å². The van der Waals surface area contributed by atoms with E-state index in [-0.39, 0.29) is 6.10 Å². The van der Waals surface area contributed by atoms with E-state index in [0.29, 0.717) is 24.8 Å². The Morgan fingerprint density at radius 1 is 0.741 bits per heavy atom. The fraction of sp³-hybridized carbons (Fsp3) is 0.304. The molecule has 0 bridgehead atoms. The summed E-state index contributed by atoms with van der Waals surface area (Å²) in [4.78, 5) is 21.1. The average Bonchev–Trinajstić information content (AvgIpc) is 3.17. The van der Waals surface area contributed by atoms with Crippen LogP contribution < -0.4 is 18.9 Å². The highest BCUT2D eigenvalue weighted by atomic mass is 16.5. The van der Waals surface area contributed by atoms with E-state index in [0.717, 1.165) is 90.6 Å². The standard InChI is InChI=1S/C46H51N3O5/c1-33(2)53-42-16-14-41(15-17-42)51-27-21-37-10-12-38(13-11-37)31-48-22-24-49(25-23-48)44(20-26-50)40-28-35(4)46(36(5)29-40)54-45-19-18-43(30-47-45)52-32-39-8-6-34(3)7-9-39/h6-20,26,28-30,33H,21-25,27,31-32H2,1-5H3/b44-20+. The highest BCUT2D eigenvalue weighted by molar-refractivity contribution is 5.81. The van der Waals surface area contributed by atoms with Gasteiger partial charge in [0.15, 0.2) is 0 Å². The molecule has 0 amide bonds. The minimum absolute atomic E-state index is 0.152. The van der Waals surface area contributed by atoms with Crippen molar-refractivity contribution in [2.45, 2.75) is 60.3 Å². The van der Waals surface area contributed by atoms with E-state index in [1.807, 2.05) is 64.1 Å². The summed E-state index contributed by atoms with van der Waals surface area (Å²) in [6, 6.07) is 32.8. The number of pyridine rings is 1. The third-order valence-corrected chi connectivity index (χ3v) is 9.42. The predicted molar refractivity (Wildman–Crippen MR) is 214 cm³/mol. The summed E-state index contributed by atoms with van der Waals surface area (Å²) in [7, 11) is 0. The summed E-state index contributed by atoms with van der Waals surface area (Å²) in [5, 5.41) is 0. The van der Waals surface area contributed by atoms with Gasteiger partial charge in [-0.15, -0.1) is 0 Å². The van der Waals surface area contributed by atoms with E-state index in [1.165, 1.54) is 16.7 Å². The number of rotatable bonds is 16. The molecule has 1 aromatic heterocycles. The van der Waals surface area contributed by atoms with Gasteiger partial charge in [0.05, 0.1) is 18.9 Å². The van der Waals surface area contributed by atoms with E-state index in [9.17, 15) is 4.79 Å². The van der Waals surface area contributed by atoms with Gasteiger partial charge in [-0.05, 0) is 110 Å². The molecule has 0 radical (unpaired) electrons. The van der Waals surface area contributed by atoms with Crippen LogP contribution >= 0.6 is 0 Å². The number of benzene rings is 4. The predicted octanol–water partition coefficient (Wildman–Crippen LogP) is 9.14. The first-order valence-corrected chi connectivity index (χ1v) is 18.8. The van der Waals surface area contributed by atoms with Crippen molar-refractivity contribution in [3.63, 3.8) is 0 Å². The van der Waals surface area contributed by atoms with Gasteiger partial charge in [0, 0.05) is 57.0 Å². The van der Waals surface area contributed by atoms with Crippen LogP contribution in [0.1, 0.15) is 52.8 Å². The number of ether oxygens (including phenoxy) is 4. The van der Waals surface area contributed by atoms with E-state index >= 15 is 0 Å². The van der Waals surface area contributed by atoms with Crippen LogP contribution in [0, 0.1) is 20.8 Å². The van der Waals surface area contributed by atoms with Crippen LogP contribution in [-0.4, -0.2) is 60.0 Å². The van der Waals surface area contributed by atoms with Crippen LogP contribution in [0.15, 0.2) is 109 Å². The fourth-order valence-electron chi connectivity index (χ4n) is 6.57. The highest BCUT2D eigenvalue weighted by Gasteiger charge is 2.21. The van der Waals surface area contributed by atoms with Gasteiger partial charge in [-0.25, -0.2) is 4.98 Å². The molecule has 4 aromatic carbocycles. The van der Waals surface area contributed by atoms with Gasteiger partial charge in [0.25, 0.3) is 0 Å². The SMILES string of the molecule is Cc1ccc(COc2ccc(Oc3c(C)cc(/C(=C\C=O)N4CCN(Cc5ccc(CCOc6ccc(OC(C)C)cc6)cc5)CC4)cc3C)nc2)cc1. The lowest BCUT2D eigenvalue weighted by Crippen LogP contribution is -2.45. The second kappa shape index (κ2) is 18.4. The highest BCUT2D eigenvalue weighted by Crippen LogP contribution is 2.33. The molecular formula is C46H51N3O5. The Balaban J connectivity index is 0.978. The lowest BCUT2D eigenvalue weighted by atomic mass is 10.0. The van der Waals surface area contributed by atoms with Crippen LogP contribution in [0.3, 0.4) is 0 Å². The monoisotopic (exact) mass is 725 g/mol. The molecule has 6 rings (SSSR count). The number of aldehydes is 1. The van der Waals surface area contributed by atoms with Gasteiger partial charge in [0.1, 0.15) is 35.9 Å². The summed E-state index contributed by atoms with van der Waals surface area (Å²) in [6.07, 6.45) is 5.24. The number of carbonyl (C=O) groups excluding carboxylic acids is 1. The smallest absolute Gasteiger partial charge is 0.219 e. The second-order valence-electron chi connectivity index (χ2n) is 14.2. The lowest BCUT2D eigenvalue weighted by molar-refractivity contribution is -0.104. The Morgan fingerprint density at radius 2 is 1.37 bits per heavy atom. The van der Waals surface area contributed by atoms with Crippen LogP contribution in [0.25, 0.3) is 5.70 Å². The third kappa shape index (κ3) is 10.7. The zero-order valence-corrected chi connectivity index (χ0v) is 32.1. The summed E-state index contributed by atoms with van der Waals surface area (Å²) in [5.74, 6) is 3.64. The minimum Gasteiger partial charge on any atom is -0.493 e. The van der Waals surface area contributed by atoms with Crippen molar-refractivity contribution in [1.29, 1.82) is 0 Å². The van der Waals surface area contributed by atoms with Crippen LogP contribution in [0.5, 0.6) is 28.9 Å². The Labute approximate surface area is 320 Å². The van der Waals surface area contributed by atoms with Crippen LogP contribution in [0.2, 0.25) is 0 Å². The quantitative estimate of drug-likeness (QED) is 0.0737. The summed E-state index contributed by atoms with van der Waals surface area (Å²) >= 11 is 0. The number of aromatic nitrogens is 1. The van der Waals surface area contributed by atoms with Gasteiger partial charge >= 0.3 is 0 Å². The summed E-state index contributed by atoms with van der Waals surface area (Å²) in [6.45, 7) is 15.6. The maximum absolute atomic E-state index is 11.8. The third-order valence-electron chi connectivity index (χ3n) is 9.42. The Hall–Kier alpha value is -5.60. The zero-order valence-electron chi connectivity index (χ0n) is 32.1. The number of carbonyl (C=O) groups is 1.